The van der Waals surface area contributed by atoms with Crippen LogP contribution in [0.25, 0.3) is 0 Å². The fraction of sp³-hybridized carbons (Fsp3) is 0.474. The van der Waals surface area contributed by atoms with Gasteiger partial charge in [0.15, 0.2) is 0 Å². The van der Waals surface area contributed by atoms with Gasteiger partial charge in [0, 0.05) is 37.4 Å². The van der Waals surface area contributed by atoms with Crippen molar-refractivity contribution >= 4 is 5.91 Å². The summed E-state index contributed by atoms with van der Waals surface area (Å²) < 4.78 is 6.21. The summed E-state index contributed by atoms with van der Waals surface area (Å²) >= 11 is 0. The van der Waals surface area contributed by atoms with Crippen LogP contribution >= 0.6 is 0 Å². The molecule has 6 nitrogen and oxygen atoms in total. The summed E-state index contributed by atoms with van der Waals surface area (Å²) in [5, 5.41) is 0. The maximum atomic E-state index is 12.5. The predicted molar refractivity (Wildman–Crippen MR) is 91.9 cm³/mol. The molecule has 0 N–H and O–H groups in total. The number of carbonyl (C=O) groups excluding carboxylic acids is 1. The molecule has 130 valence electrons. The molecule has 2 saturated heterocycles. The lowest BCUT2D eigenvalue weighted by atomic mass is 9.84. The van der Waals surface area contributed by atoms with Gasteiger partial charge in [0.1, 0.15) is 5.69 Å². The van der Waals surface area contributed by atoms with Gasteiger partial charge >= 0.3 is 0 Å². The van der Waals surface area contributed by atoms with Gasteiger partial charge in [-0.3, -0.25) is 14.8 Å². The molecular formula is C19H22N4O2. The number of amides is 1. The monoisotopic (exact) mass is 338 g/mol. The second-order valence-corrected chi connectivity index (χ2v) is 6.97. The van der Waals surface area contributed by atoms with Crippen molar-refractivity contribution in [3.8, 4) is 0 Å². The number of piperidine rings is 1. The second kappa shape index (κ2) is 6.88. The summed E-state index contributed by atoms with van der Waals surface area (Å²) in [5.74, 6) is 0.475. The lowest BCUT2D eigenvalue weighted by molar-refractivity contribution is -0.0392. The van der Waals surface area contributed by atoms with Crippen LogP contribution in [0.15, 0.2) is 43.0 Å². The first-order valence-electron chi connectivity index (χ1n) is 8.83. The van der Waals surface area contributed by atoms with Crippen LogP contribution < -0.4 is 0 Å². The molecule has 2 aromatic rings. The molecule has 1 spiro atoms. The van der Waals surface area contributed by atoms with Crippen LogP contribution in [-0.4, -0.2) is 51.1 Å². The Bertz CT molecular complexity index is 715. The zero-order chi connectivity index (χ0) is 17.1. The average Bonchev–Trinajstić information content (AvgIpc) is 3.05. The van der Waals surface area contributed by atoms with E-state index in [-0.39, 0.29) is 11.5 Å². The summed E-state index contributed by atoms with van der Waals surface area (Å²) in [4.78, 5) is 26.9. The second-order valence-electron chi connectivity index (χ2n) is 6.97. The van der Waals surface area contributed by atoms with Crippen LogP contribution in [0.4, 0.5) is 0 Å². The smallest absolute Gasteiger partial charge is 0.274 e. The fourth-order valence-corrected chi connectivity index (χ4v) is 3.92. The zero-order valence-electron chi connectivity index (χ0n) is 14.2. The highest BCUT2D eigenvalue weighted by molar-refractivity contribution is 5.92. The van der Waals surface area contributed by atoms with Gasteiger partial charge < -0.3 is 9.64 Å². The van der Waals surface area contributed by atoms with Gasteiger partial charge in [0.05, 0.1) is 18.4 Å². The Morgan fingerprint density at radius 3 is 2.80 bits per heavy atom. The normalized spacial score (nSPS) is 22.2. The van der Waals surface area contributed by atoms with Crippen molar-refractivity contribution in [2.45, 2.75) is 31.3 Å². The van der Waals surface area contributed by atoms with E-state index in [9.17, 15) is 4.79 Å². The van der Waals surface area contributed by atoms with E-state index < -0.39 is 0 Å². The Kier molecular flexibility index (Phi) is 4.44. The van der Waals surface area contributed by atoms with E-state index in [0.717, 1.165) is 38.0 Å². The third kappa shape index (κ3) is 3.54. The number of hydrogen-bond donors (Lipinski definition) is 0. The van der Waals surface area contributed by atoms with E-state index in [1.165, 1.54) is 6.20 Å². The standard InChI is InChI=1S/C19H22N4O2/c24-18(17-13-20-7-8-22-17)23-9-4-19(5-10-23)12-15(14-25-19)11-16-3-1-2-6-21-16/h1-3,6-8,13,15H,4-5,9-12,14H2/t15-/m0/s1. The fourth-order valence-electron chi connectivity index (χ4n) is 3.92. The molecule has 0 bridgehead atoms. The van der Waals surface area contributed by atoms with Crippen molar-refractivity contribution in [2.75, 3.05) is 19.7 Å². The average molecular weight is 338 g/mol. The van der Waals surface area contributed by atoms with E-state index >= 15 is 0 Å². The Morgan fingerprint density at radius 1 is 1.20 bits per heavy atom. The van der Waals surface area contributed by atoms with Gasteiger partial charge in [0.2, 0.25) is 0 Å². The number of hydrogen-bond acceptors (Lipinski definition) is 5. The molecule has 1 amide bonds. The van der Waals surface area contributed by atoms with Crippen molar-refractivity contribution in [3.63, 3.8) is 0 Å². The molecule has 4 rings (SSSR count). The van der Waals surface area contributed by atoms with E-state index in [1.807, 2.05) is 23.2 Å². The molecule has 0 unspecified atom stereocenters. The Morgan fingerprint density at radius 2 is 2.08 bits per heavy atom. The minimum atomic E-state index is -0.0708. The van der Waals surface area contributed by atoms with E-state index in [1.54, 1.807) is 12.4 Å². The number of rotatable bonds is 3. The molecule has 0 aromatic carbocycles. The van der Waals surface area contributed by atoms with Gasteiger partial charge in [-0.1, -0.05) is 6.07 Å². The predicted octanol–water partition coefficient (Wildman–Crippen LogP) is 2.13. The SMILES string of the molecule is O=C(c1cnccn1)N1CCC2(CC1)C[C@H](Cc1ccccn1)CO2. The van der Waals surface area contributed by atoms with Crippen molar-refractivity contribution in [3.05, 3.63) is 54.4 Å². The molecule has 1 atom stereocenters. The highest BCUT2D eigenvalue weighted by Gasteiger charge is 2.43. The van der Waals surface area contributed by atoms with Gasteiger partial charge in [0.25, 0.3) is 5.91 Å². The van der Waals surface area contributed by atoms with E-state index in [2.05, 4.69) is 21.0 Å². The third-order valence-electron chi connectivity index (χ3n) is 5.25. The van der Waals surface area contributed by atoms with Gasteiger partial charge in [-0.05, 0) is 43.7 Å². The maximum Gasteiger partial charge on any atom is 0.274 e. The van der Waals surface area contributed by atoms with Crippen LogP contribution in [0, 0.1) is 5.92 Å². The number of likely N-dealkylation sites (tertiary alicyclic amines) is 1. The zero-order valence-corrected chi connectivity index (χ0v) is 14.2. The Hall–Kier alpha value is -2.34. The van der Waals surface area contributed by atoms with E-state index in [4.69, 9.17) is 4.74 Å². The van der Waals surface area contributed by atoms with Crippen LogP contribution in [0.3, 0.4) is 0 Å². The lowest BCUT2D eigenvalue weighted by Crippen LogP contribution is -2.46. The highest BCUT2D eigenvalue weighted by Crippen LogP contribution is 2.39. The molecule has 2 aliphatic heterocycles. The van der Waals surface area contributed by atoms with Crippen molar-refractivity contribution in [1.29, 1.82) is 0 Å². The molecule has 0 aliphatic carbocycles. The van der Waals surface area contributed by atoms with Crippen LogP contribution in [-0.2, 0) is 11.2 Å². The number of aromatic nitrogens is 3. The van der Waals surface area contributed by atoms with Crippen molar-refractivity contribution in [2.24, 2.45) is 5.92 Å². The number of pyridine rings is 1. The quantitative estimate of drug-likeness (QED) is 0.857. The maximum absolute atomic E-state index is 12.5. The Labute approximate surface area is 147 Å². The van der Waals surface area contributed by atoms with Crippen LogP contribution in [0.1, 0.15) is 35.4 Å². The minimum Gasteiger partial charge on any atom is -0.375 e. The molecule has 2 aliphatic rings. The first-order valence-corrected chi connectivity index (χ1v) is 8.83. The molecule has 2 fully saturated rings. The van der Waals surface area contributed by atoms with Crippen LogP contribution in [0.5, 0.6) is 0 Å². The van der Waals surface area contributed by atoms with E-state index in [0.29, 0.717) is 24.7 Å². The molecule has 0 radical (unpaired) electrons. The number of carbonyl (C=O) groups is 1. The molecule has 25 heavy (non-hydrogen) atoms. The first-order chi connectivity index (χ1) is 12.2. The summed E-state index contributed by atoms with van der Waals surface area (Å²) in [6, 6.07) is 6.05. The largest absolute Gasteiger partial charge is 0.375 e. The van der Waals surface area contributed by atoms with Gasteiger partial charge in [-0.15, -0.1) is 0 Å². The summed E-state index contributed by atoms with van der Waals surface area (Å²) in [7, 11) is 0. The van der Waals surface area contributed by atoms with Crippen LogP contribution in [0.2, 0.25) is 0 Å². The van der Waals surface area contributed by atoms with Crippen molar-refractivity contribution in [1.82, 2.24) is 19.9 Å². The number of nitrogens with zero attached hydrogens (tertiary/aromatic N) is 4. The van der Waals surface area contributed by atoms with Gasteiger partial charge in [-0.25, -0.2) is 4.98 Å². The molecule has 0 saturated carbocycles. The summed E-state index contributed by atoms with van der Waals surface area (Å²) in [5.41, 5.74) is 1.47. The molecular weight excluding hydrogens is 316 g/mol. The topological polar surface area (TPSA) is 68.2 Å². The minimum absolute atomic E-state index is 0.0361. The Balaban J connectivity index is 1.33. The highest BCUT2D eigenvalue weighted by atomic mass is 16.5. The molecule has 6 heteroatoms. The lowest BCUT2D eigenvalue weighted by Gasteiger charge is -2.38. The number of ether oxygens (including phenoxy) is 1. The van der Waals surface area contributed by atoms with Crippen molar-refractivity contribution < 1.29 is 9.53 Å². The van der Waals surface area contributed by atoms with Gasteiger partial charge in [-0.2, -0.15) is 0 Å². The summed E-state index contributed by atoms with van der Waals surface area (Å²) in [6.45, 7) is 2.21. The summed E-state index contributed by atoms with van der Waals surface area (Å²) in [6.07, 6.45) is 10.3. The molecule has 2 aromatic heterocycles. The third-order valence-corrected chi connectivity index (χ3v) is 5.25. The molecule has 4 heterocycles. The first kappa shape index (κ1) is 16.1.